The Morgan fingerprint density at radius 3 is 2.73 bits per heavy atom. The van der Waals surface area contributed by atoms with Gasteiger partial charge in [-0.15, -0.1) is 0 Å². The van der Waals surface area contributed by atoms with Gasteiger partial charge in [-0.25, -0.2) is 4.98 Å². The fourth-order valence-electron chi connectivity index (χ4n) is 3.80. The van der Waals surface area contributed by atoms with Gasteiger partial charge in [-0.2, -0.15) is 13.2 Å². The average Bonchev–Trinajstić information content (AvgIpc) is 3.42. The van der Waals surface area contributed by atoms with E-state index in [1.807, 2.05) is 17.8 Å². The monoisotopic (exact) mass is 478 g/mol. The van der Waals surface area contributed by atoms with Crippen LogP contribution in [0.2, 0.25) is 0 Å². The number of aryl methyl sites for hydroxylation is 1. The van der Waals surface area contributed by atoms with E-state index in [2.05, 4.69) is 15.2 Å². The lowest BCUT2D eigenvalue weighted by Gasteiger charge is -2.32. The highest BCUT2D eigenvalue weighted by Gasteiger charge is 2.30. The minimum atomic E-state index is -4.34. The standard InChI is InChI=1S/C23H25F3N4O2S/c1-29-12-9-27-22(29)33-15-19-5-6-20(32-19)21(31)28-18-7-10-30(11-8-18)14-16-3-2-4-17(13-16)23(24,25)26/h2-6,9,12-13,18H,7-8,10-11,14-15H2,1H3,(H,28,31). The molecule has 10 heteroatoms. The molecule has 1 fully saturated rings. The molecule has 0 atom stereocenters. The summed E-state index contributed by atoms with van der Waals surface area (Å²) in [6.07, 6.45) is 0.721. The summed E-state index contributed by atoms with van der Waals surface area (Å²) in [6, 6.07) is 8.92. The van der Waals surface area contributed by atoms with Crippen LogP contribution in [0.1, 0.15) is 40.3 Å². The number of piperidine rings is 1. The highest BCUT2D eigenvalue weighted by atomic mass is 32.2. The Labute approximate surface area is 194 Å². The molecule has 4 rings (SSSR count). The van der Waals surface area contributed by atoms with Crippen molar-refractivity contribution in [2.75, 3.05) is 13.1 Å². The zero-order valence-electron chi connectivity index (χ0n) is 18.1. The number of aromatic nitrogens is 2. The van der Waals surface area contributed by atoms with Crippen molar-refractivity contribution in [2.45, 2.75) is 42.5 Å². The Morgan fingerprint density at radius 1 is 1.24 bits per heavy atom. The van der Waals surface area contributed by atoms with Gasteiger partial charge in [0.15, 0.2) is 10.9 Å². The number of rotatable bonds is 7. The predicted molar refractivity (Wildman–Crippen MR) is 119 cm³/mol. The molecule has 1 aliphatic heterocycles. The number of nitrogens with one attached hydrogen (secondary N) is 1. The summed E-state index contributed by atoms with van der Waals surface area (Å²) < 4.78 is 46.4. The quantitative estimate of drug-likeness (QED) is 0.498. The first-order valence-corrected chi connectivity index (χ1v) is 11.6. The van der Waals surface area contributed by atoms with E-state index in [0.29, 0.717) is 36.7 Å². The van der Waals surface area contributed by atoms with Gasteiger partial charge in [-0.3, -0.25) is 9.69 Å². The van der Waals surface area contributed by atoms with Gasteiger partial charge >= 0.3 is 6.18 Å². The van der Waals surface area contributed by atoms with Crippen molar-refractivity contribution in [2.24, 2.45) is 7.05 Å². The molecule has 176 valence electrons. The third-order valence-electron chi connectivity index (χ3n) is 5.59. The van der Waals surface area contributed by atoms with Gasteiger partial charge in [-0.1, -0.05) is 30.0 Å². The van der Waals surface area contributed by atoms with Crippen molar-refractivity contribution in [3.63, 3.8) is 0 Å². The minimum Gasteiger partial charge on any atom is -0.455 e. The second-order valence-electron chi connectivity index (χ2n) is 8.10. The third-order valence-corrected chi connectivity index (χ3v) is 6.67. The maximum absolute atomic E-state index is 12.9. The first-order chi connectivity index (χ1) is 15.8. The lowest BCUT2D eigenvalue weighted by molar-refractivity contribution is -0.137. The van der Waals surface area contributed by atoms with Crippen LogP contribution in [-0.4, -0.2) is 39.5 Å². The van der Waals surface area contributed by atoms with Crippen LogP contribution in [0.4, 0.5) is 13.2 Å². The SMILES string of the molecule is Cn1ccnc1SCc1ccc(C(=O)NC2CCN(Cc3cccc(C(F)(F)F)c3)CC2)o1. The first-order valence-electron chi connectivity index (χ1n) is 10.7. The van der Waals surface area contributed by atoms with E-state index >= 15 is 0 Å². The van der Waals surface area contributed by atoms with Crippen LogP contribution in [0.3, 0.4) is 0 Å². The molecule has 1 aromatic carbocycles. The van der Waals surface area contributed by atoms with E-state index in [1.54, 1.807) is 24.4 Å². The summed E-state index contributed by atoms with van der Waals surface area (Å²) in [4.78, 5) is 18.9. The molecule has 0 saturated carbocycles. The molecule has 0 aliphatic carbocycles. The number of hydrogen-bond donors (Lipinski definition) is 1. The largest absolute Gasteiger partial charge is 0.455 e. The topological polar surface area (TPSA) is 63.3 Å². The predicted octanol–water partition coefficient (Wildman–Crippen LogP) is 4.72. The molecule has 3 aromatic rings. The Hall–Kier alpha value is -2.72. The van der Waals surface area contributed by atoms with Crippen molar-refractivity contribution >= 4 is 17.7 Å². The fraction of sp³-hybridized carbons (Fsp3) is 0.391. The number of likely N-dealkylation sites (tertiary alicyclic amines) is 1. The molecule has 2 aromatic heterocycles. The number of halogens is 3. The van der Waals surface area contributed by atoms with Gasteiger partial charge in [0.1, 0.15) is 5.76 Å². The number of amides is 1. The van der Waals surface area contributed by atoms with Gasteiger partial charge < -0.3 is 14.3 Å². The van der Waals surface area contributed by atoms with E-state index in [4.69, 9.17) is 4.42 Å². The molecule has 0 radical (unpaired) electrons. The molecule has 1 N–H and O–H groups in total. The number of alkyl halides is 3. The summed E-state index contributed by atoms with van der Waals surface area (Å²) in [6.45, 7) is 1.86. The van der Waals surface area contributed by atoms with E-state index in [0.717, 1.165) is 24.1 Å². The maximum Gasteiger partial charge on any atom is 0.416 e. The van der Waals surface area contributed by atoms with Crippen LogP contribution in [0.5, 0.6) is 0 Å². The highest BCUT2D eigenvalue weighted by molar-refractivity contribution is 7.98. The van der Waals surface area contributed by atoms with Crippen LogP contribution >= 0.6 is 11.8 Å². The fourth-order valence-corrected chi connectivity index (χ4v) is 4.63. The van der Waals surface area contributed by atoms with Crippen molar-refractivity contribution in [3.8, 4) is 0 Å². The molecule has 1 saturated heterocycles. The number of thioether (sulfide) groups is 1. The molecule has 33 heavy (non-hydrogen) atoms. The van der Waals surface area contributed by atoms with Crippen molar-refractivity contribution < 1.29 is 22.4 Å². The number of carbonyl (C=O) groups is 1. The van der Waals surface area contributed by atoms with Crippen molar-refractivity contribution in [1.82, 2.24) is 19.8 Å². The second-order valence-corrected chi connectivity index (χ2v) is 9.04. The second kappa shape index (κ2) is 10.0. The van der Waals surface area contributed by atoms with Crippen molar-refractivity contribution in [1.29, 1.82) is 0 Å². The van der Waals surface area contributed by atoms with E-state index in [9.17, 15) is 18.0 Å². The number of furan rings is 1. The van der Waals surface area contributed by atoms with Gasteiger partial charge in [0.05, 0.1) is 11.3 Å². The summed E-state index contributed by atoms with van der Waals surface area (Å²) in [7, 11) is 1.92. The number of carbonyl (C=O) groups excluding carboxylic acids is 1. The molecular formula is C23H25F3N4O2S. The van der Waals surface area contributed by atoms with Crippen LogP contribution in [-0.2, 0) is 25.5 Å². The van der Waals surface area contributed by atoms with Gasteiger partial charge in [0.2, 0.25) is 0 Å². The van der Waals surface area contributed by atoms with Crippen molar-refractivity contribution in [3.05, 3.63) is 71.4 Å². The minimum absolute atomic E-state index is 0.00533. The first kappa shape index (κ1) is 23.4. The Kier molecular flexibility index (Phi) is 7.14. The number of imidazole rings is 1. The third kappa shape index (κ3) is 6.20. The normalized spacial score (nSPS) is 15.6. The van der Waals surface area contributed by atoms with Gasteiger partial charge in [-0.05, 0) is 36.6 Å². The van der Waals surface area contributed by atoms with Crippen LogP contribution < -0.4 is 5.32 Å². The molecule has 1 amide bonds. The number of hydrogen-bond acceptors (Lipinski definition) is 5. The highest BCUT2D eigenvalue weighted by Crippen LogP contribution is 2.30. The molecule has 3 heterocycles. The Morgan fingerprint density at radius 2 is 2.03 bits per heavy atom. The molecule has 0 spiro atoms. The maximum atomic E-state index is 12.9. The molecule has 6 nitrogen and oxygen atoms in total. The van der Waals surface area contributed by atoms with Gasteiger partial charge in [0, 0.05) is 45.1 Å². The molecule has 0 unspecified atom stereocenters. The summed E-state index contributed by atoms with van der Waals surface area (Å²) in [5, 5.41) is 3.88. The zero-order valence-corrected chi connectivity index (χ0v) is 19.0. The molecule has 0 bridgehead atoms. The summed E-state index contributed by atoms with van der Waals surface area (Å²) in [5.74, 6) is 1.30. The van der Waals surface area contributed by atoms with Crippen LogP contribution in [0.15, 0.2) is 58.4 Å². The Bertz CT molecular complexity index is 1090. The van der Waals surface area contributed by atoms with Gasteiger partial charge in [0.25, 0.3) is 5.91 Å². The average molecular weight is 479 g/mol. The number of benzene rings is 1. The summed E-state index contributed by atoms with van der Waals surface area (Å²) >= 11 is 1.53. The van der Waals surface area contributed by atoms with Crippen LogP contribution in [0, 0.1) is 0 Å². The zero-order chi connectivity index (χ0) is 23.4. The lowest BCUT2D eigenvalue weighted by atomic mass is 10.0. The molecular weight excluding hydrogens is 453 g/mol. The number of nitrogens with zero attached hydrogens (tertiary/aromatic N) is 3. The molecule has 1 aliphatic rings. The van der Waals surface area contributed by atoms with E-state index in [-0.39, 0.29) is 17.7 Å². The smallest absolute Gasteiger partial charge is 0.416 e. The summed E-state index contributed by atoms with van der Waals surface area (Å²) in [5.41, 5.74) is 0.0112. The van der Waals surface area contributed by atoms with E-state index in [1.165, 1.54) is 23.9 Å². The van der Waals surface area contributed by atoms with E-state index < -0.39 is 11.7 Å². The lowest BCUT2D eigenvalue weighted by Crippen LogP contribution is -2.44. The Balaban J connectivity index is 1.23. The van der Waals surface area contributed by atoms with Crippen LogP contribution in [0.25, 0.3) is 0 Å².